The lowest BCUT2D eigenvalue weighted by atomic mass is 9.54. The second-order valence-corrected chi connectivity index (χ2v) is 7.91. The highest BCUT2D eigenvalue weighted by Crippen LogP contribution is 2.51. The van der Waals surface area contributed by atoms with Crippen molar-refractivity contribution < 1.29 is 14.9 Å². The summed E-state index contributed by atoms with van der Waals surface area (Å²) in [5.41, 5.74) is -3.41. The molecule has 4 unspecified atom stereocenters. The fourth-order valence-corrected chi connectivity index (χ4v) is 4.65. The van der Waals surface area contributed by atoms with Crippen LogP contribution in [0.1, 0.15) is 39.0 Å². The van der Waals surface area contributed by atoms with Crippen LogP contribution in [-0.2, 0) is 4.74 Å². The largest absolute Gasteiger partial charge is 0.385 e. The van der Waals surface area contributed by atoms with Gasteiger partial charge < -0.3 is 14.9 Å². The molecule has 3 fully saturated rings. The van der Waals surface area contributed by atoms with Crippen LogP contribution in [0.4, 0.5) is 0 Å². The third kappa shape index (κ3) is 2.92. The van der Waals surface area contributed by atoms with Gasteiger partial charge in [-0.2, -0.15) is 0 Å². The minimum Gasteiger partial charge on any atom is -0.385 e. The summed E-state index contributed by atoms with van der Waals surface area (Å²) in [7, 11) is 23.5. The molecule has 0 aromatic carbocycles. The number of fused-ring (bicyclic) bond motifs is 1. The van der Waals surface area contributed by atoms with Crippen molar-refractivity contribution >= 4 is 31.4 Å². The lowest BCUT2D eigenvalue weighted by Crippen LogP contribution is -2.62. The molecule has 8 radical (unpaired) electrons. The van der Waals surface area contributed by atoms with Gasteiger partial charge in [0.05, 0.1) is 21.3 Å². The first-order valence-corrected chi connectivity index (χ1v) is 7.99. The molecule has 3 rings (SSSR count). The van der Waals surface area contributed by atoms with Crippen molar-refractivity contribution in [2.24, 2.45) is 17.3 Å². The SMILES string of the molecule is [B]C1([B])CC(C([B])(O)N2CC3CCC[C@]3(C)C2)CC([B])(O)O1. The van der Waals surface area contributed by atoms with Gasteiger partial charge in [0.25, 0.3) is 0 Å². The number of ether oxygens (including phenoxy) is 1. The van der Waals surface area contributed by atoms with Crippen LogP contribution in [0.3, 0.4) is 0 Å². The van der Waals surface area contributed by atoms with Crippen molar-refractivity contribution in [3.8, 4) is 0 Å². The molecule has 1 aliphatic carbocycles. The zero-order chi connectivity index (χ0) is 16.4. The van der Waals surface area contributed by atoms with E-state index in [1.807, 2.05) is 4.90 Å². The summed E-state index contributed by atoms with van der Waals surface area (Å²) in [5, 5.41) is 19.3. The lowest BCUT2D eigenvalue weighted by Gasteiger charge is -2.52. The van der Waals surface area contributed by atoms with E-state index in [9.17, 15) is 10.2 Å². The highest BCUT2D eigenvalue weighted by molar-refractivity contribution is 6.39. The molecule has 4 nitrogen and oxygen atoms in total. The fraction of sp³-hybridized carbons (Fsp3) is 1.00. The van der Waals surface area contributed by atoms with E-state index in [1.165, 1.54) is 6.42 Å². The molecule has 0 spiro atoms. The first-order chi connectivity index (χ1) is 9.94. The van der Waals surface area contributed by atoms with Crippen molar-refractivity contribution in [2.45, 2.75) is 55.7 Å². The molecule has 2 heterocycles. The molecule has 2 saturated heterocycles. The zero-order valence-electron chi connectivity index (χ0n) is 13.2. The zero-order valence-corrected chi connectivity index (χ0v) is 13.2. The quantitative estimate of drug-likeness (QED) is 0.652. The molecule has 2 aliphatic heterocycles. The van der Waals surface area contributed by atoms with E-state index >= 15 is 0 Å². The highest BCUT2D eigenvalue weighted by atomic mass is 16.6. The van der Waals surface area contributed by atoms with Crippen molar-refractivity contribution in [1.29, 1.82) is 0 Å². The van der Waals surface area contributed by atoms with E-state index in [2.05, 4.69) is 6.92 Å². The van der Waals surface area contributed by atoms with Crippen LogP contribution in [0.5, 0.6) is 0 Å². The highest BCUT2D eigenvalue weighted by Gasteiger charge is 2.54. The molecule has 5 atom stereocenters. The van der Waals surface area contributed by atoms with Gasteiger partial charge in [0, 0.05) is 13.1 Å². The number of nitrogens with zero attached hydrogens (tertiary/aromatic N) is 1. The Morgan fingerprint density at radius 3 is 2.55 bits per heavy atom. The van der Waals surface area contributed by atoms with Crippen LogP contribution >= 0.6 is 0 Å². The van der Waals surface area contributed by atoms with Crippen molar-refractivity contribution in [1.82, 2.24) is 4.90 Å². The van der Waals surface area contributed by atoms with Crippen LogP contribution in [0.15, 0.2) is 0 Å². The van der Waals surface area contributed by atoms with Gasteiger partial charge in [-0.05, 0) is 48.3 Å². The van der Waals surface area contributed by atoms with Crippen LogP contribution in [0.25, 0.3) is 0 Å². The molecule has 1 saturated carbocycles. The molecule has 2 N–H and O–H groups in total. The van der Waals surface area contributed by atoms with Crippen LogP contribution < -0.4 is 0 Å². The van der Waals surface area contributed by atoms with E-state index in [-0.39, 0.29) is 18.3 Å². The summed E-state index contributed by atoms with van der Waals surface area (Å²) in [4.78, 5) is 1.89. The first-order valence-electron chi connectivity index (χ1n) is 7.99. The summed E-state index contributed by atoms with van der Waals surface area (Å²) < 4.78 is 5.05. The van der Waals surface area contributed by atoms with E-state index in [1.54, 1.807) is 0 Å². The molecule has 0 bridgehead atoms. The van der Waals surface area contributed by atoms with E-state index in [0.717, 1.165) is 25.9 Å². The average Bonchev–Trinajstić information content (AvgIpc) is 2.79. The molecule has 112 valence electrons. The van der Waals surface area contributed by atoms with Crippen molar-refractivity contribution in [2.75, 3.05) is 13.1 Å². The molecule has 0 aromatic heterocycles. The molecule has 8 heteroatoms. The Kier molecular flexibility index (Phi) is 3.89. The average molecular weight is 295 g/mol. The Hall–Kier alpha value is 0.0997. The Labute approximate surface area is 138 Å². The van der Waals surface area contributed by atoms with Gasteiger partial charge in [-0.3, -0.25) is 4.90 Å². The standard InChI is InChI=1S/C14H21B4NO3/c1-11-4-2-3-9(11)7-19(8-11)14(18,21)10-5-12(15,16)22-13(17,20)6-10/h9-10,20-21H,2-8H2,1H3/t9?,10?,11-,13?,14?/m1/s1. The second kappa shape index (κ2) is 5.05. The molecular weight excluding hydrogens is 273 g/mol. The van der Waals surface area contributed by atoms with Crippen LogP contribution in [0.2, 0.25) is 0 Å². The Bertz CT molecular complexity index is 443. The van der Waals surface area contributed by atoms with E-state index in [0.29, 0.717) is 5.92 Å². The molecule has 22 heavy (non-hydrogen) atoms. The first kappa shape index (κ1) is 16.9. The van der Waals surface area contributed by atoms with Gasteiger partial charge in [0.2, 0.25) is 0 Å². The minimum atomic E-state index is -1.99. The molecular formula is C14H21B4NO3. The summed E-state index contributed by atoms with van der Waals surface area (Å²) in [6.07, 6.45) is 3.64. The maximum absolute atomic E-state index is 10.9. The molecule has 0 aromatic rings. The number of likely N-dealkylation sites (tertiary alicyclic amines) is 1. The summed E-state index contributed by atoms with van der Waals surface area (Å²) in [6, 6.07) is 0. The lowest BCUT2D eigenvalue weighted by molar-refractivity contribution is -0.228. The summed E-state index contributed by atoms with van der Waals surface area (Å²) in [6.45, 7) is 3.72. The van der Waals surface area contributed by atoms with E-state index < -0.39 is 22.6 Å². The number of rotatable bonds is 2. The minimum absolute atomic E-state index is 0.0198. The smallest absolute Gasteiger partial charge is 0.153 e. The van der Waals surface area contributed by atoms with Crippen LogP contribution in [0, 0.1) is 17.3 Å². The third-order valence-corrected chi connectivity index (χ3v) is 5.86. The summed E-state index contributed by atoms with van der Waals surface area (Å²) in [5.74, 6) is -0.0339. The topological polar surface area (TPSA) is 52.9 Å². The second-order valence-electron chi connectivity index (χ2n) is 7.91. The van der Waals surface area contributed by atoms with Gasteiger partial charge in [0.1, 0.15) is 13.5 Å². The predicted octanol–water partition coefficient (Wildman–Crippen LogP) is -0.845. The maximum Gasteiger partial charge on any atom is 0.153 e. The van der Waals surface area contributed by atoms with E-state index in [4.69, 9.17) is 36.1 Å². The number of aliphatic hydroxyl groups is 2. The van der Waals surface area contributed by atoms with Gasteiger partial charge in [-0.1, -0.05) is 13.3 Å². The predicted molar refractivity (Wildman–Crippen MR) is 86.5 cm³/mol. The summed E-state index contributed by atoms with van der Waals surface area (Å²) >= 11 is 0. The third-order valence-electron chi connectivity index (χ3n) is 5.86. The van der Waals surface area contributed by atoms with Crippen LogP contribution in [-0.4, -0.2) is 76.3 Å². The van der Waals surface area contributed by atoms with Gasteiger partial charge >= 0.3 is 0 Å². The Morgan fingerprint density at radius 2 is 1.95 bits per heavy atom. The normalized spacial score (nSPS) is 48.0. The Morgan fingerprint density at radius 1 is 1.27 bits per heavy atom. The maximum atomic E-state index is 10.9. The number of hydrogen-bond donors (Lipinski definition) is 2. The Balaban J connectivity index is 1.78. The molecule has 3 aliphatic rings. The van der Waals surface area contributed by atoms with Gasteiger partial charge in [-0.25, -0.2) is 0 Å². The van der Waals surface area contributed by atoms with Crippen molar-refractivity contribution in [3.63, 3.8) is 0 Å². The fourth-order valence-electron chi connectivity index (χ4n) is 4.65. The number of hydrogen-bond acceptors (Lipinski definition) is 4. The van der Waals surface area contributed by atoms with Gasteiger partial charge in [-0.15, -0.1) is 0 Å². The monoisotopic (exact) mass is 295 g/mol. The van der Waals surface area contributed by atoms with Crippen molar-refractivity contribution in [3.05, 3.63) is 0 Å². The van der Waals surface area contributed by atoms with Gasteiger partial charge in [0.15, 0.2) is 7.85 Å². The molecule has 0 amide bonds.